The van der Waals surface area contributed by atoms with Crippen molar-refractivity contribution >= 4 is 5.97 Å². The summed E-state index contributed by atoms with van der Waals surface area (Å²) < 4.78 is 0. The van der Waals surface area contributed by atoms with Crippen LogP contribution < -0.4 is 16.0 Å². The molecule has 0 spiro atoms. The van der Waals surface area contributed by atoms with Crippen LogP contribution in [0.5, 0.6) is 0 Å². The Bertz CT molecular complexity index is 374. The second-order valence-corrected chi connectivity index (χ2v) is 6.90. The summed E-state index contributed by atoms with van der Waals surface area (Å²) >= 11 is 0. The number of carboxylic acids is 1. The molecule has 3 rings (SSSR count). The van der Waals surface area contributed by atoms with Gasteiger partial charge in [-0.25, -0.2) is 0 Å². The summed E-state index contributed by atoms with van der Waals surface area (Å²) in [7, 11) is 0. The molecule has 0 bridgehead atoms. The van der Waals surface area contributed by atoms with Gasteiger partial charge in [0.2, 0.25) is 0 Å². The van der Waals surface area contributed by atoms with Crippen molar-refractivity contribution in [1.29, 1.82) is 0 Å². The molecule has 3 aliphatic heterocycles. The first-order chi connectivity index (χ1) is 11.0. The van der Waals surface area contributed by atoms with E-state index in [-0.39, 0.29) is 31.9 Å². The predicted molar refractivity (Wildman–Crippen MR) is 84.0 cm³/mol. The molecule has 134 valence electrons. The zero-order valence-corrected chi connectivity index (χ0v) is 13.6. The second-order valence-electron chi connectivity index (χ2n) is 6.90. The Morgan fingerprint density at radius 2 is 1.43 bits per heavy atom. The average molecular weight is 331 g/mol. The van der Waals surface area contributed by atoms with Crippen LogP contribution in [0.2, 0.25) is 0 Å². The van der Waals surface area contributed by atoms with Gasteiger partial charge in [0.05, 0.1) is 19.8 Å². The van der Waals surface area contributed by atoms with Crippen molar-refractivity contribution in [2.75, 3.05) is 39.5 Å². The highest BCUT2D eigenvalue weighted by Gasteiger charge is 2.61. The molecule has 0 radical (unpaired) electrons. The summed E-state index contributed by atoms with van der Waals surface area (Å²) in [6.07, 6.45) is 1.36. The van der Waals surface area contributed by atoms with Gasteiger partial charge in [-0.05, 0) is 12.8 Å². The van der Waals surface area contributed by atoms with Crippen LogP contribution in [0.25, 0.3) is 0 Å². The number of hydrogen-bond acceptors (Lipinski definition) is 7. The van der Waals surface area contributed by atoms with Gasteiger partial charge in [-0.15, -0.1) is 0 Å². The molecule has 3 atom stereocenters. The molecule has 3 fully saturated rings. The normalized spacial score (nSPS) is 30.7. The van der Waals surface area contributed by atoms with E-state index in [4.69, 9.17) is 15.3 Å². The summed E-state index contributed by atoms with van der Waals surface area (Å²) in [5.41, 5.74) is -1.23. The minimum atomic E-state index is -0.667. The minimum absolute atomic E-state index is 0.156. The number of aliphatic hydroxyl groups is 3. The number of carbonyl (C=O) groups is 1. The van der Waals surface area contributed by atoms with E-state index in [0.29, 0.717) is 12.5 Å². The minimum Gasteiger partial charge on any atom is -0.481 e. The Morgan fingerprint density at radius 1 is 1.00 bits per heavy atom. The molecule has 3 aliphatic rings. The molecule has 0 aliphatic carbocycles. The Balaban J connectivity index is 0.000000188. The molecule has 3 heterocycles. The maximum Gasteiger partial charge on any atom is 0.312 e. The summed E-state index contributed by atoms with van der Waals surface area (Å²) in [5, 5.41) is 44.9. The molecule has 23 heavy (non-hydrogen) atoms. The first-order valence-corrected chi connectivity index (χ1v) is 8.24. The van der Waals surface area contributed by atoms with Crippen LogP contribution in [-0.4, -0.2) is 84.0 Å². The molecule has 0 aromatic heterocycles. The number of hydrogen-bond donors (Lipinski definition) is 7. The van der Waals surface area contributed by atoms with Gasteiger partial charge in [0.25, 0.3) is 0 Å². The highest BCUT2D eigenvalue weighted by atomic mass is 16.4. The van der Waals surface area contributed by atoms with E-state index in [2.05, 4.69) is 16.0 Å². The molecule has 3 unspecified atom stereocenters. The lowest BCUT2D eigenvalue weighted by molar-refractivity contribution is -0.149. The van der Waals surface area contributed by atoms with Gasteiger partial charge in [0.1, 0.15) is 5.41 Å². The third kappa shape index (κ3) is 4.20. The van der Waals surface area contributed by atoms with Crippen molar-refractivity contribution in [3.63, 3.8) is 0 Å². The van der Waals surface area contributed by atoms with Crippen LogP contribution >= 0.6 is 0 Å². The fraction of sp³-hybridized carbons (Fsp3) is 0.933. The van der Waals surface area contributed by atoms with Crippen molar-refractivity contribution in [3.05, 3.63) is 0 Å². The molecule has 7 N–H and O–H groups in total. The van der Waals surface area contributed by atoms with E-state index in [9.17, 15) is 9.90 Å². The van der Waals surface area contributed by atoms with E-state index in [1.165, 1.54) is 0 Å². The number of aliphatic hydroxyl groups excluding tert-OH is 3. The first kappa shape index (κ1) is 18.6. The van der Waals surface area contributed by atoms with Crippen LogP contribution in [0.4, 0.5) is 0 Å². The summed E-state index contributed by atoms with van der Waals surface area (Å²) in [6, 6.07) is 0.792. The van der Waals surface area contributed by atoms with Crippen LogP contribution in [0, 0.1) is 10.8 Å². The first-order valence-electron chi connectivity index (χ1n) is 8.24. The zero-order chi connectivity index (χ0) is 17.1. The molecule has 8 nitrogen and oxygen atoms in total. The maximum atomic E-state index is 11.4. The Morgan fingerprint density at radius 3 is 1.61 bits per heavy atom. The predicted octanol–water partition coefficient (Wildman–Crippen LogP) is -2.28. The quantitative estimate of drug-likeness (QED) is 0.232. The number of rotatable bonds is 9. The lowest BCUT2D eigenvalue weighted by Gasteiger charge is -2.27. The number of nitrogens with one attached hydrogen (secondary N) is 3. The van der Waals surface area contributed by atoms with Crippen LogP contribution in [0.1, 0.15) is 19.8 Å². The van der Waals surface area contributed by atoms with E-state index in [1.54, 1.807) is 0 Å². The van der Waals surface area contributed by atoms with Crippen molar-refractivity contribution in [1.82, 2.24) is 16.0 Å². The molecule has 0 amide bonds. The average Bonchev–Trinajstić information content (AvgIpc) is 3.43. The molecular weight excluding hydrogens is 302 g/mol. The summed E-state index contributed by atoms with van der Waals surface area (Å²) in [4.78, 5) is 11.4. The van der Waals surface area contributed by atoms with Gasteiger partial charge in [-0.2, -0.15) is 0 Å². The standard InChI is InChI=1S/C9H15N3O2.C6H14O3/c13-8(14)9(6-3-11-6,7-4-12-7)1-5-2-10-5;1-2-6(3-7,4-8)5-9/h5-7,10-12H,1-4H2,(H,13,14);7-9H,2-5H2,1H3. The lowest BCUT2D eigenvalue weighted by atomic mass is 9.76. The smallest absolute Gasteiger partial charge is 0.312 e. The Labute approximate surface area is 136 Å². The Kier molecular flexibility index (Phi) is 5.99. The molecule has 0 saturated carbocycles. The summed E-state index contributed by atoms with van der Waals surface area (Å²) in [6.45, 7) is 4.05. The molecule has 0 aromatic carbocycles. The van der Waals surface area contributed by atoms with Crippen LogP contribution in [0.3, 0.4) is 0 Å². The van der Waals surface area contributed by atoms with Crippen molar-refractivity contribution < 1.29 is 25.2 Å². The van der Waals surface area contributed by atoms with Crippen LogP contribution in [-0.2, 0) is 4.79 Å². The van der Waals surface area contributed by atoms with Gasteiger partial charge < -0.3 is 36.4 Å². The van der Waals surface area contributed by atoms with Gasteiger partial charge in [0, 0.05) is 43.2 Å². The maximum absolute atomic E-state index is 11.4. The number of carboxylic acid groups (broad SMARTS) is 1. The van der Waals surface area contributed by atoms with Crippen LogP contribution in [0.15, 0.2) is 0 Å². The topological polar surface area (TPSA) is 164 Å². The summed E-state index contributed by atoms with van der Waals surface area (Å²) in [5.74, 6) is -0.642. The fourth-order valence-electron chi connectivity index (χ4n) is 2.88. The second kappa shape index (κ2) is 7.42. The largest absolute Gasteiger partial charge is 0.481 e. The molecule has 0 aromatic rings. The highest BCUT2D eigenvalue weighted by molar-refractivity contribution is 5.78. The third-order valence-corrected chi connectivity index (χ3v) is 5.29. The lowest BCUT2D eigenvalue weighted by Crippen LogP contribution is -2.45. The molecule has 3 saturated heterocycles. The monoisotopic (exact) mass is 331 g/mol. The third-order valence-electron chi connectivity index (χ3n) is 5.29. The zero-order valence-electron chi connectivity index (χ0n) is 13.6. The van der Waals surface area contributed by atoms with Crippen molar-refractivity contribution in [2.45, 2.75) is 37.9 Å². The van der Waals surface area contributed by atoms with E-state index >= 15 is 0 Å². The highest BCUT2D eigenvalue weighted by Crippen LogP contribution is 2.41. The molecule has 8 heteroatoms. The van der Waals surface area contributed by atoms with E-state index in [1.807, 2.05) is 6.92 Å². The molecular formula is C15H29N3O5. The van der Waals surface area contributed by atoms with E-state index < -0.39 is 16.8 Å². The van der Waals surface area contributed by atoms with Gasteiger partial charge >= 0.3 is 5.97 Å². The van der Waals surface area contributed by atoms with E-state index in [0.717, 1.165) is 26.1 Å². The Hall–Kier alpha value is -0.770. The number of aliphatic carboxylic acids is 1. The van der Waals surface area contributed by atoms with Crippen molar-refractivity contribution in [3.8, 4) is 0 Å². The fourth-order valence-corrected chi connectivity index (χ4v) is 2.88. The SMILES string of the molecule is CCC(CO)(CO)CO.O=C(O)C(CC1CN1)(C1CN1)C1CN1. The van der Waals surface area contributed by atoms with Crippen molar-refractivity contribution in [2.24, 2.45) is 10.8 Å². The van der Waals surface area contributed by atoms with Gasteiger partial charge in [0.15, 0.2) is 0 Å². The van der Waals surface area contributed by atoms with Gasteiger partial charge in [-0.1, -0.05) is 6.92 Å². The van der Waals surface area contributed by atoms with Gasteiger partial charge in [-0.3, -0.25) is 4.79 Å².